The summed E-state index contributed by atoms with van der Waals surface area (Å²) in [5.41, 5.74) is 3.58. The molecule has 0 aliphatic rings. The average molecular weight is 400 g/mol. The number of Topliss-reactive ketones (excluding diaryl/α,β-unsaturated/α-hetero) is 1. The minimum atomic E-state index is -0.514. The van der Waals surface area contributed by atoms with Crippen LogP contribution in [-0.2, 0) is 27.3 Å². The fourth-order valence-electron chi connectivity index (χ4n) is 3.10. The van der Waals surface area contributed by atoms with E-state index in [0.29, 0.717) is 5.56 Å². The Morgan fingerprint density at radius 2 is 1.79 bits per heavy atom. The second-order valence-corrected chi connectivity index (χ2v) is 6.85. The van der Waals surface area contributed by atoms with E-state index in [1.165, 1.54) is 12.5 Å². The van der Waals surface area contributed by atoms with E-state index in [1.54, 1.807) is 7.11 Å². The maximum atomic E-state index is 12.5. The first-order chi connectivity index (χ1) is 13.8. The fraction of sp³-hybridized carbons (Fsp3) is 0.409. The molecule has 0 saturated heterocycles. The van der Waals surface area contributed by atoms with E-state index in [2.05, 4.69) is 9.88 Å². The molecule has 0 bridgehead atoms. The number of benzene rings is 1. The number of hydrogen-bond acceptors (Lipinski definition) is 5. The lowest BCUT2D eigenvalue weighted by Crippen LogP contribution is -2.24. The number of ether oxygens (including phenoxy) is 2. The lowest BCUT2D eigenvalue weighted by molar-refractivity contribution is -0.142. The first-order valence-corrected chi connectivity index (χ1v) is 9.54. The normalized spacial score (nSPS) is 10.5. The van der Waals surface area contributed by atoms with Gasteiger partial charge in [0.05, 0.1) is 13.5 Å². The van der Waals surface area contributed by atoms with Gasteiger partial charge in [-0.1, -0.05) is 12.1 Å². The van der Waals surface area contributed by atoms with Crippen LogP contribution in [0, 0.1) is 13.8 Å². The summed E-state index contributed by atoms with van der Waals surface area (Å²) in [4.78, 5) is 35.0. The van der Waals surface area contributed by atoms with Crippen molar-refractivity contribution in [2.75, 3.05) is 20.3 Å². The number of amides is 1. The summed E-state index contributed by atoms with van der Waals surface area (Å²) in [6, 6.07) is 9.75. The number of aromatic nitrogens is 1. The number of carbonyl (C=O) groups is 3. The third kappa shape index (κ3) is 6.48. The summed E-state index contributed by atoms with van der Waals surface area (Å²) >= 11 is 0. The molecule has 1 aromatic heterocycles. The van der Waals surface area contributed by atoms with Gasteiger partial charge in [0.15, 0.2) is 6.61 Å². The Morgan fingerprint density at radius 1 is 1.10 bits per heavy atom. The molecule has 0 unspecified atom stereocenters. The molecule has 0 saturated carbocycles. The average Bonchev–Trinajstić information content (AvgIpc) is 2.98. The number of rotatable bonds is 10. The topological polar surface area (TPSA) is 86.6 Å². The molecule has 1 aromatic carbocycles. The molecule has 1 heterocycles. The molecule has 0 aliphatic carbocycles. The number of methoxy groups -OCH3 is 1. The molecule has 0 aliphatic heterocycles. The molecule has 0 atom stereocenters. The van der Waals surface area contributed by atoms with E-state index in [-0.39, 0.29) is 31.3 Å². The van der Waals surface area contributed by atoms with Gasteiger partial charge in [-0.15, -0.1) is 0 Å². The third-order valence-corrected chi connectivity index (χ3v) is 4.72. The van der Waals surface area contributed by atoms with Crippen molar-refractivity contribution in [3.63, 3.8) is 0 Å². The van der Waals surface area contributed by atoms with Crippen LogP contribution >= 0.6 is 0 Å². The summed E-state index contributed by atoms with van der Waals surface area (Å²) in [7, 11) is 1.64. The molecule has 0 fully saturated rings. The number of nitrogens with zero attached hydrogens (tertiary/aromatic N) is 1. The third-order valence-electron chi connectivity index (χ3n) is 4.72. The van der Waals surface area contributed by atoms with Gasteiger partial charge in [0.1, 0.15) is 5.75 Å². The van der Waals surface area contributed by atoms with E-state index < -0.39 is 5.97 Å². The molecule has 7 nitrogen and oxygen atoms in total. The van der Waals surface area contributed by atoms with Crippen LogP contribution < -0.4 is 10.1 Å². The Kier molecular flexibility index (Phi) is 8.00. The number of esters is 1. The predicted octanol–water partition coefficient (Wildman–Crippen LogP) is 2.61. The van der Waals surface area contributed by atoms with Crippen molar-refractivity contribution < 1.29 is 23.9 Å². The predicted molar refractivity (Wildman–Crippen MR) is 109 cm³/mol. The Balaban J connectivity index is 1.92. The van der Waals surface area contributed by atoms with Crippen LogP contribution in [0.2, 0.25) is 0 Å². The molecular formula is C22H28N2O5. The molecule has 1 amide bonds. The van der Waals surface area contributed by atoms with E-state index in [1.807, 2.05) is 44.2 Å². The highest BCUT2D eigenvalue weighted by Crippen LogP contribution is 2.18. The monoisotopic (exact) mass is 400 g/mol. The zero-order valence-electron chi connectivity index (χ0n) is 17.4. The number of carbonyl (C=O) groups excluding carboxylic acids is 3. The fourth-order valence-corrected chi connectivity index (χ4v) is 3.10. The van der Waals surface area contributed by atoms with Crippen molar-refractivity contribution in [2.24, 2.45) is 0 Å². The van der Waals surface area contributed by atoms with Gasteiger partial charge in [-0.25, -0.2) is 0 Å². The van der Waals surface area contributed by atoms with Crippen molar-refractivity contribution >= 4 is 17.7 Å². The van der Waals surface area contributed by atoms with Crippen molar-refractivity contribution in [2.45, 2.75) is 40.2 Å². The van der Waals surface area contributed by atoms with Crippen LogP contribution in [0.15, 0.2) is 30.3 Å². The van der Waals surface area contributed by atoms with Gasteiger partial charge in [-0.3, -0.25) is 14.4 Å². The maximum absolute atomic E-state index is 12.5. The molecule has 29 heavy (non-hydrogen) atoms. The van der Waals surface area contributed by atoms with E-state index in [4.69, 9.17) is 9.47 Å². The standard InChI is InChI=1S/C22H28N2O5/c1-15-13-20(21(26)14-29-22(27)9-11-23-17(3)25)16(2)24(15)12-10-18-5-7-19(28-4)8-6-18/h5-8,13H,9-12,14H2,1-4H3,(H,23,25). The highest BCUT2D eigenvalue weighted by molar-refractivity contribution is 5.99. The molecule has 2 rings (SSSR count). The molecule has 0 spiro atoms. The molecule has 2 aromatic rings. The van der Waals surface area contributed by atoms with E-state index in [0.717, 1.165) is 30.1 Å². The molecular weight excluding hydrogens is 372 g/mol. The Hall–Kier alpha value is -3.09. The lowest BCUT2D eigenvalue weighted by atomic mass is 10.1. The minimum Gasteiger partial charge on any atom is -0.497 e. The summed E-state index contributed by atoms with van der Waals surface area (Å²) in [5.74, 6) is -0.139. The van der Waals surface area contributed by atoms with Gasteiger partial charge in [-0.05, 0) is 44.0 Å². The lowest BCUT2D eigenvalue weighted by Gasteiger charge is -2.10. The van der Waals surface area contributed by atoms with Crippen molar-refractivity contribution in [1.82, 2.24) is 9.88 Å². The largest absolute Gasteiger partial charge is 0.497 e. The van der Waals surface area contributed by atoms with Gasteiger partial charge in [-0.2, -0.15) is 0 Å². The van der Waals surface area contributed by atoms with Crippen LogP contribution in [0.4, 0.5) is 0 Å². The van der Waals surface area contributed by atoms with Crippen molar-refractivity contribution in [3.8, 4) is 5.75 Å². The summed E-state index contributed by atoms with van der Waals surface area (Å²) in [6.07, 6.45) is 0.861. The number of nitrogens with one attached hydrogen (secondary N) is 1. The zero-order chi connectivity index (χ0) is 21.4. The Morgan fingerprint density at radius 3 is 2.41 bits per heavy atom. The molecule has 1 N–H and O–H groups in total. The first kappa shape index (κ1) is 22.2. The molecule has 156 valence electrons. The van der Waals surface area contributed by atoms with Gasteiger partial charge < -0.3 is 19.4 Å². The van der Waals surface area contributed by atoms with Crippen LogP contribution in [0.1, 0.15) is 40.7 Å². The summed E-state index contributed by atoms with van der Waals surface area (Å²) < 4.78 is 12.3. The number of ketones is 1. The summed E-state index contributed by atoms with van der Waals surface area (Å²) in [5, 5.41) is 2.51. The van der Waals surface area contributed by atoms with Crippen molar-refractivity contribution in [1.29, 1.82) is 0 Å². The Labute approximate surface area is 171 Å². The van der Waals surface area contributed by atoms with Crippen LogP contribution in [0.5, 0.6) is 5.75 Å². The number of aryl methyl sites for hydroxylation is 2. The van der Waals surface area contributed by atoms with E-state index >= 15 is 0 Å². The van der Waals surface area contributed by atoms with Gasteiger partial charge in [0, 0.05) is 37.0 Å². The Bertz CT molecular complexity index is 868. The van der Waals surface area contributed by atoms with Gasteiger partial charge >= 0.3 is 5.97 Å². The van der Waals surface area contributed by atoms with Gasteiger partial charge in [0.25, 0.3) is 0 Å². The smallest absolute Gasteiger partial charge is 0.308 e. The van der Waals surface area contributed by atoms with Crippen molar-refractivity contribution in [3.05, 3.63) is 52.8 Å². The molecule has 0 radical (unpaired) electrons. The van der Waals surface area contributed by atoms with Crippen LogP contribution in [-0.4, -0.2) is 42.5 Å². The second kappa shape index (κ2) is 10.5. The highest BCUT2D eigenvalue weighted by atomic mass is 16.5. The van der Waals surface area contributed by atoms with Crippen LogP contribution in [0.25, 0.3) is 0 Å². The van der Waals surface area contributed by atoms with Crippen LogP contribution in [0.3, 0.4) is 0 Å². The minimum absolute atomic E-state index is 0.0355. The zero-order valence-corrected chi connectivity index (χ0v) is 17.4. The number of hydrogen-bond donors (Lipinski definition) is 1. The highest BCUT2D eigenvalue weighted by Gasteiger charge is 2.17. The first-order valence-electron chi connectivity index (χ1n) is 9.54. The maximum Gasteiger partial charge on any atom is 0.308 e. The summed E-state index contributed by atoms with van der Waals surface area (Å²) in [6.45, 7) is 5.86. The second-order valence-electron chi connectivity index (χ2n) is 6.85. The molecule has 7 heteroatoms. The van der Waals surface area contributed by atoms with E-state index in [9.17, 15) is 14.4 Å². The SMILES string of the molecule is COc1ccc(CCn2c(C)cc(C(=O)COC(=O)CCNC(C)=O)c2C)cc1. The quantitative estimate of drug-likeness (QED) is 0.489. The van der Waals surface area contributed by atoms with Gasteiger partial charge in [0.2, 0.25) is 11.7 Å².